The van der Waals surface area contributed by atoms with Crippen LogP contribution in [0.25, 0.3) is 0 Å². The van der Waals surface area contributed by atoms with Gasteiger partial charge in [0.05, 0.1) is 5.56 Å². The van der Waals surface area contributed by atoms with Gasteiger partial charge in [0.2, 0.25) is 0 Å². The molecule has 2 nitrogen and oxygen atoms in total. The summed E-state index contributed by atoms with van der Waals surface area (Å²) < 4.78 is 36.6. The van der Waals surface area contributed by atoms with E-state index in [0.717, 1.165) is 24.3 Å². The van der Waals surface area contributed by atoms with Gasteiger partial charge in [0, 0.05) is 5.56 Å². The van der Waals surface area contributed by atoms with E-state index in [1.807, 2.05) is 0 Å². The molecular weight excluding hydrogens is 221 g/mol. The normalized spacial score (nSPS) is 13.6. The van der Waals surface area contributed by atoms with E-state index in [4.69, 9.17) is 0 Å². The number of Topliss-reactive ketones (excluding diaryl/α,β-unsaturated/α-hetero) is 1. The van der Waals surface area contributed by atoms with Gasteiger partial charge in [-0.15, -0.1) is 0 Å². The summed E-state index contributed by atoms with van der Waals surface area (Å²) in [6, 6.07) is 3.80. The molecule has 1 rings (SSSR count). The Morgan fingerprint density at radius 3 is 2.19 bits per heavy atom. The molecule has 0 aliphatic carbocycles. The summed E-state index contributed by atoms with van der Waals surface area (Å²) in [5.74, 6) is -0.559. The quantitative estimate of drug-likeness (QED) is 0.813. The fraction of sp³-hybridized carbons (Fsp3) is 0.364. The highest BCUT2D eigenvalue weighted by Gasteiger charge is 2.30. The average Bonchev–Trinajstić information content (AvgIpc) is 2.26. The molecule has 0 saturated heterocycles. The average molecular weight is 232 g/mol. The van der Waals surface area contributed by atoms with Crippen LogP contribution in [0.2, 0.25) is 0 Å². The highest BCUT2D eigenvalue weighted by molar-refractivity contribution is 5.99. The van der Waals surface area contributed by atoms with Crippen LogP contribution in [-0.2, 0) is 6.18 Å². The minimum absolute atomic E-state index is 0.0855. The standard InChI is InChI=1S/C11H11F3O2/c1-2-9(15)10(16)7-3-5-8(6-4-7)11(12,13)14/h3-6,9,15H,2H2,1H3. The fourth-order valence-electron chi connectivity index (χ4n) is 1.20. The topological polar surface area (TPSA) is 37.3 Å². The molecule has 0 aliphatic heterocycles. The highest BCUT2D eigenvalue weighted by atomic mass is 19.4. The van der Waals surface area contributed by atoms with E-state index in [1.165, 1.54) is 0 Å². The van der Waals surface area contributed by atoms with Crippen LogP contribution in [0.4, 0.5) is 13.2 Å². The van der Waals surface area contributed by atoms with E-state index in [0.29, 0.717) is 0 Å². The smallest absolute Gasteiger partial charge is 0.385 e. The first kappa shape index (κ1) is 12.7. The molecule has 0 saturated carbocycles. The Labute approximate surface area is 90.7 Å². The minimum Gasteiger partial charge on any atom is -0.385 e. The van der Waals surface area contributed by atoms with E-state index in [-0.39, 0.29) is 12.0 Å². The highest BCUT2D eigenvalue weighted by Crippen LogP contribution is 2.29. The van der Waals surface area contributed by atoms with Gasteiger partial charge in [0.25, 0.3) is 0 Å². The lowest BCUT2D eigenvalue weighted by Crippen LogP contribution is -2.19. The number of halogens is 3. The number of rotatable bonds is 3. The van der Waals surface area contributed by atoms with Crippen LogP contribution in [0.3, 0.4) is 0 Å². The lowest BCUT2D eigenvalue weighted by Gasteiger charge is -2.09. The van der Waals surface area contributed by atoms with Crippen molar-refractivity contribution in [3.05, 3.63) is 35.4 Å². The lowest BCUT2D eigenvalue weighted by molar-refractivity contribution is -0.137. The van der Waals surface area contributed by atoms with Gasteiger partial charge in [0.15, 0.2) is 5.78 Å². The number of aliphatic hydroxyl groups excluding tert-OH is 1. The van der Waals surface area contributed by atoms with Crippen molar-refractivity contribution in [1.29, 1.82) is 0 Å². The molecule has 0 radical (unpaired) electrons. The van der Waals surface area contributed by atoms with Crippen molar-refractivity contribution in [2.24, 2.45) is 0 Å². The zero-order chi connectivity index (χ0) is 12.3. The molecule has 1 N–H and O–H groups in total. The van der Waals surface area contributed by atoms with Gasteiger partial charge in [-0.05, 0) is 18.6 Å². The molecule has 1 aromatic rings. The van der Waals surface area contributed by atoms with Gasteiger partial charge in [-0.3, -0.25) is 4.79 Å². The summed E-state index contributed by atoms with van der Waals surface area (Å²) in [7, 11) is 0. The van der Waals surface area contributed by atoms with Gasteiger partial charge >= 0.3 is 6.18 Å². The van der Waals surface area contributed by atoms with Crippen LogP contribution in [0.5, 0.6) is 0 Å². The molecular formula is C11H11F3O2. The van der Waals surface area contributed by atoms with Crippen LogP contribution in [0, 0.1) is 0 Å². The first-order valence-electron chi connectivity index (χ1n) is 4.75. The first-order chi connectivity index (χ1) is 7.36. The largest absolute Gasteiger partial charge is 0.416 e. The maximum absolute atomic E-state index is 12.2. The van der Waals surface area contributed by atoms with E-state index in [9.17, 15) is 23.1 Å². The molecule has 1 unspecified atom stereocenters. The van der Waals surface area contributed by atoms with E-state index in [1.54, 1.807) is 6.92 Å². The van der Waals surface area contributed by atoms with Crippen LogP contribution in [-0.4, -0.2) is 17.0 Å². The Balaban J connectivity index is 2.91. The number of ketones is 1. The molecule has 16 heavy (non-hydrogen) atoms. The van der Waals surface area contributed by atoms with Crippen LogP contribution >= 0.6 is 0 Å². The number of carbonyl (C=O) groups excluding carboxylic acids is 1. The summed E-state index contributed by atoms with van der Waals surface area (Å²) >= 11 is 0. The molecule has 0 bridgehead atoms. The first-order valence-corrected chi connectivity index (χ1v) is 4.75. The van der Waals surface area contributed by atoms with Crippen molar-refractivity contribution in [2.45, 2.75) is 25.6 Å². The van der Waals surface area contributed by atoms with Gasteiger partial charge in [0.1, 0.15) is 6.10 Å². The van der Waals surface area contributed by atoms with Gasteiger partial charge < -0.3 is 5.11 Å². The summed E-state index contributed by atoms with van der Waals surface area (Å²) in [4.78, 5) is 11.4. The molecule has 0 amide bonds. The van der Waals surface area contributed by atoms with Crippen molar-refractivity contribution in [3.8, 4) is 0 Å². The van der Waals surface area contributed by atoms with E-state index >= 15 is 0 Å². The Morgan fingerprint density at radius 2 is 1.81 bits per heavy atom. The van der Waals surface area contributed by atoms with Crippen molar-refractivity contribution in [1.82, 2.24) is 0 Å². The van der Waals surface area contributed by atoms with E-state index < -0.39 is 23.6 Å². The number of alkyl halides is 3. The second-order valence-corrected chi connectivity index (χ2v) is 3.36. The SMILES string of the molecule is CCC(O)C(=O)c1ccc(C(F)(F)F)cc1. The van der Waals surface area contributed by atoms with E-state index in [2.05, 4.69) is 0 Å². The number of carbonyl (C=O) groups is 1. The molecule has 1 aromatic carbocycles. The number of benzene rings is 1. The van der Waals surface area contributed by atoms with Gasteiger partial charge in [-0.2, -0.15) is 13.2 Å². The zero-order valence-corrected chi connectivity index (χ0v) is 8.58. The maximum atomic E-state index is 12.2. The van der Waals surface area contributed by atoms with Crippen LogP contribution < -0.4 is 0 Å². The summed E-state index contributed by atoms with van der Waals surface area (Å²) in [6.45, 7) is 1.62. The summed E-state index contributed by atoms with van der Waals surface area (Å²) in [5, 5.41) is 9.24. The van der Waals surface area contributed by atoms with Crippen molar-refractivity contribution in [2.75, 3.05) is 0 Å². The Hall–Kier alpha value is -1.36. The maximum Gasteiger partial charge on any atom is 0.416 e. The zero-order valence-electron chi connectivity index (χ0n) is 8.58. The summed E-state index contributed by atoms with van der Waals surface area (Å²) in [6.07, 6.45) is -5.33. The number of hydrogen-bond acceptors (Lipinski definition) is 2. The monoisotopic (exact) mass is 232 g/mol. The van der Waals surface area contributed by atoms with Crippen molar-refractivity contribution in [3.63, 3.8) is 0 Å². The van der Waals surface area contributed by atoms with Crippen molar-refractivity contribution < 1.29 is 23.1 Å². The fourth-order valence-corrected chi connectivity index (χ4v) is 1.20. The molecule has 0 aliphatic rings. The van der Waals surface area contributed by atoms with Crippen LogP contribution in [0.1, 0.15) is 29.3 Å². The Kier molecular flexibility index (Phi) is 3.70. The van der Waals surface area contributed by atoms with Crippen LogP contribution in [0.15, 0.2) is 24.3 Å². The molecule has 5 heteroatoms. The second-order valence-electron chi connectivity index (χ2n) is 3.36. The Bertz CT molecular complexity index is 368. The molecule has 0 aromatic heterocycles. The summed E-state index contributed by atoms with van der Waals surface area (Å²) in [5.41, 5.74) is -0.725. The molecule has 0 fully saturated rings. The number of aliphatic hydroxyl groups is 1. The third kappa shape index (κ3) is 2.82. The number of hydrogen-bond donors (Lipinski definition) is 1. The second kappa shape index (κ2) is 4.65. The minimum atomic E-state index is -4.41. The third-order valence-corrected chi connectivity index (χ3v) is 2.19. The lowest BCUT2D eigenvalue weighted by atomic mass is 10.0. The van der Waals surface area contributed by atoms with Crippen molar-refractivity contribution >= 4 is 5.78 Å². The molecule has 0 heterocycles. The molecule has 88 valence electrons. The van der Waals surface area contributed by atoms with Gasteiger partial charge in [-0.25, -0.2) is 0 Å². The molecule has 0 spiro atoms. The molecule has 1 atom stereocenters. The predicted molar refractivity (Wildman–Crippen MR) is 52.1 cm³/mol. The van der Waals surface area contributed by atoms with Gasteiger partial charge in [-0.1, -0.05) is 19.1 Å². The Morgan fingerprint density at radius 1 is 1.31 bits per heavy atom. The predicted octanol–water partition coefficient (Wildman–Crippen LogP) is 2.66. The third-order valence-electron chi connectivity index (χ3n) is 2.19.